The van der Waals surface area contributed by atoms with Crippen molar-refractivity contribution in [1.29, 1.82) is 0 Å². The number of amides is 1. The van der Waals surface area contributed by atoms with Gasteiger partial charge >= 0.3 is 0 Å². The lowest BCUT2D eigenvalue weighted by Crippen LogP contribution is -2.44. The zero-order valence-electron chi connectivity index (χ0n) is 10.9. The lowest BCUT2D eigenvalue weighted by molar-refractivity contribution is -0.122. The Balaban J connectivity index is 1.67. The van der Waals surface area contributed by atoms with E-state index in [1.165, 1.54) is 25.7 Å². The minimum atomic E-state index is 0.0417. The van der Waals surface area contributed by atoms with E-state index in [9.17, 15) is 4.79 Å². The molecule has 1 heterocycles. The molecule has 2 aliphatic rings. The molecule has 0 aromatic heterocycles. The maximum atomic E-state index is 11.8. The summed E-state index contributed by atoms with van der Waals surface area (Å²) in [5.74, 6) is 2.72. The average Bonchev–Trinajstić information content (AvgIpc) is 2.80. The largest absolute Gasteiger partial charge is 0.354 e. The Morgan fingerprint density at radius 1 is 1.41 bits per heavy atom. The summed E-state index contributed by atoms with van der Waals surface area (Å²) in [5.41, 5.74) is 0.518. The van der Waals surface area contributed by atoms with Crippen LogP contribution in [0.1, 0.15) is 39.5 Å². The number of carbonyl (C=O) groups excluding carboxylic acids is 1. The van der Waals surface area contributed by atoms with Crippen LogP contribution < -0.4 is 10.6 Å². The van der Waals surface area contributed by atoms with Gasteiger partial charge in [0, 0.05) is 18.2 Å². The Hall–Kier alpha value is -0.220. The standard InChI is InChI=1S/C13H24N2OS/c1-13(2)5-3-10(4-6-13)7-14-12(16)11-8-17-9-15-11/h10-11,15H,3-9H2,1-2H3,(H,14,16). The summed E-state index contributed by atoms with van der Waals surface area (Å²) in [6.07, 6.45) is 5.12. The fourth-order valence-corrected chi connectivity index (χ4v) is 3.54. The molecule has 0 spiro atoms. The Morgan fingerprint density at radius 2 is 2.12 bits per heavy atom. The molecule has 0 aromatic rings. The van der Waals surface area contributed by atoms with Gasteiger partial charge in [-0.15, -0.1) is 11.8 Å². The maximum Gasteiger partial charge on any atom is 0.238 e. The SMILES string of the molecule is CC1(C)CCC(CNC(=O)C2CSCN2)CC1. The number of hydrogen-bond donors (Lipinski definition) is 2. The van der Waals surface area contributed by atoms with Gasteiger partial charge in [0.05, 0.1) is 6.04 Å². The number of hydrogen-bond acceptors (Lipinski definition) is 3. The van der Waals surface area contributed by atoms with E-state index in [2.05, 4.69) is 24.5 Å². The van der Waals surface area contributed by atoms with Crippen molar-refractivity contribution in [2.24, 2.45) is 11.3 Å². The summed E-state index contributed by atoms with van der Waals surface area (Å²) < 4.78 is 0. The molecule has 2 rings (SSSR count). The molecule has 2 fully saturated rings. The molecule has 1 amide bonds. The van der Waals surface area contributed by atoms with Crippen molar-refractivity contribution in [3.63, 3.8) is 0 Å². The molecule has 0 bridgehead atoms. The van der Waals surface area contributed by atoms with E-state index in [1.54, 1.807) is 11.8 Å². The molecule has 0 radical (unpaired) electrons. The molecule has 98 valence electrons. The highest BCUT2D eigenvalue weighted by atomic mass is 32.2. The predicted octanol–water partition coefficient (Wildman–Crippen LogP) is 1.98. The predicted molar refractivity (Wildman–Crippen MR) is 73.0 cm³/mol. The van der Waals surface area contributed by atoms with Crippen LogP contribution in [-0.4, -0.2) is 30.1 Å². The van der Waals surface area contributed by atoms with E-state index in [4.69, 9.17) is 0 Å². The zero-order valence-corrected chi connectivity index (χ0v) is 11.7. The molecule has 4 heteroatoms. The molecule has 1 saturated heterocycles. The normalized spacial score (nSPS) is 29.2. The summed E-state index contributed by atoms with van der Waals surface area (Å²) in [4.78, 5) is 11.8. The molecule has 1 aliphatic heterocycles. The first-order valence-electron chi connectivity index (χ1n) is 6.66. The third-order valence-electron chi connectivity index (χ3n) is 4.06. The van der Waals surface area contributed by atoms with Crippen LogP contribution in [0, 0.1) is 11.3 Å². The summed E-state index contributed by atoms with van der Waals surface area (Å²) in [6.45, 7) is 5.57. The van der Waals surface area contributed by atoms with Crippen LogP contribution in [-0.2, 0) is 4.79 Å². The molecule has 1 atom stereocenters. The molecule has 1 saturated carbocycles. The van der Waals surface area contributed by atoms with E-state index in [1.807, 2.05) is 0 Å². The first-order chi connectivity index (χ1) is 8.07. The topological polar surface area (TPSA) is 41.1 Å². The summed E-state index contributed by atoms with van der Waals surface area (Å²) in [6, 6.07) is 0.0417. The third-order valence-corrected chi connectivity index (χ3v) is 5.00. The van der Waals surface area contributed by atoms with E-state index in [-0.39, 0.29) is 11.9 Å². The van der Waals surface area contributed by atoms with Gasteiger partial charge < -0.3 is 5.32 Å². The van der Waals surface area contributed by atoms with Gasteiger partial charge in [0.15, 0.2) is 0 Å². The molecule has 17 heavy (non-hydrogen) atoms. The zero-order chi connectivity index (χ0) is 12.3. The molecule has 0 aromatic carbocycles. The lowest BCUT2D eigenvalue weighted by atomic mass is 9.73. The van der Waals surface area contributed by atoms with Crippen molar-refractivity contribution in [2.75, 3.05) is 18.2 Å². The summed E-state index contributed by atoms with van der Waals surface area (Å²) in [5, 5.41) is 6.31. The van der Waals surface area contributed by atoms with Gasteiger partial charge in [-0.25, -0.2) is 0 Å². The van der Waals surface area contributed by atoms with Crippen LogP contribution in [0.25, 0.3) is 0 Å². The number of rotatable bonds is 3. The second-order valence-electron chi connectivity index (χ2n) is 6.12. The number of carbonyl (C=O) groups is 1. The smallest absolute Gasteiger partial charge is 0.238 e. The van der Waals surface area contributed by atoms with Crippen LogP contribution in [0.2, 0.25) is 0 Å². The quantitative estimate of drug-likeness (QED) is 0.811. The monoisotopic (exact) mass is 256 g/mol. The Labute approximate surface area is 108 Å². The maximum absolute atomic E-state index is 11.8. The van der Waals surface area contributed by atoms with Crippen LogP contribution in [0.3, 0.4) is 0 Å². The fraction of sp³-hybridized carbons (Fsp3) is 0.923. The van der Waals surface area contributed by atoms with Gasteiger partial charge in [-0.3, -0.25) is 10.1 Å². The van der Waals surface area contributed by atoms with Crippen LogP contribution >= 0.6 is 11.8 Å². The minimum absolute atomic E-state index is 0.0417. The second-order valence-corrected chi connectivity index (χ2v) is 7.15. The van der Waals surface area contributed by atoms with Gasteiger partial charge in [-0.05, 0) is 37.0 Å². The van der Waals surface area contributed by atoms with Crippen LogP contribution in [0.4, 0.5) is 0 Å². The average molecular weight is 256 g/mol. The van der Waals surface area contributed by atoms with Crippen molar-refractivity contribution in [2.45, 2.75) is 45.6 Å². The first kappa shape index (κ1) is 13.2. The van der Waals surface area contributed by atoms with Crippen LogP contribution in [0.5, 0.6) is 0 Å². The third kappa shape index (κ3) is 3.88. The molecule has 1 aliphatic carbocycles. The number of nitrogens with one attached hydrogen (secondary N) is 2. The highest BCUT2D eigenvalue weighted by Crippen LogP contribution is 2.37. The fourth-order valence-electron chi connectivity index (χ4n) is 2.59. The van der Waals surface area contributed by atoms with E-state index in [0.29, 0.717) is 11.3 Å². The second kappa shape index (κ2) is 5.61. The van der Waals surface area contributed by atoms with Crippen molar-refractivity contribution in [1.82, 2.24) is 10.6 Å². The van der Waals surface area contributed by atoms with Crippen LogP contribution in [0.15, 0.2) is 0 Å². The Kier molecular flexibility index (Phi) is 4.36. The molecule has 3 nitrogen and oxygen atoms in total. The summed E-state index contributed by atoms with van der Waals surface area (Å²) in [7, 11) is 0. The lowest BCUT2D eigenvalue weighted by Gasteiger charge is -2.34. The molecule has 1 unspecified atom stereocenters. The van der Waals surface area contributed by atoms with Gasteiger partial charge in [-0.2, -0.15) is 0 Å². The Bertz CT molecular complexity index is 265. The van der Waals surface area contributed by atoms with Gasteiger partial charge in [0.2, 0.25) is 5.91 Å². The minimum Gasteiger partial charge on any atom is -0.354 e. The van der Waals surface area contributed by atoms with Crippen molar-refractivity contribution in [3.05, 3.63) is 0 Å². The molecular formula is C13H24N2OS. The first-order valence-corrected chi connectivity index (χ1v) is 7.81. The van der Waals surface area contributed by atoms with E-state index < -0.39 is 0 Å². The number of thioether (sulfide) groups is 1. The highest BCUT2D eigenvalue weighted by Gasteiger charge is 2.28. The summed E-state index contributed by atoms with van der Waals surface area (Å²) >= 11 is 1.80. The van der Waals surface area contributed by atoms with Crippen molar-refractivity contribution >= 4 is 17.7 Å². The van der Waals surface area contributed by atoms with Crippen molar-refractivity contribution in [3.8, 4) is 0 Å². The molecule has 2 N–H and O–H groups in total. The van der Waals surface area contributed by atoms with E-state index in [0.717, 1.165) is 18.2 Å². The van der Waals surface area contributed by atoms with Gasteiger partial charge in [0.25, 0.3) is 0 Å². The van der Waals surface area contributed by atoms with E-state index >= 15 is 0 Å². The van der Waals surface area contributed by atoms with Crippen molar-refractivity contribution < 1.29 is 4.79 Å². The molecular weight excluding hydrogens is 232 g/mol. The Morgan fingerprint density at radius 3 is 2.71 bits per heavy atom. The highest BCUT2D eigenvalue weighted by molar-refractivity contribution is 7.99. The van der Waals surface area contributed by atoms with Gasteiger partial charge in [0.1, 0.15) is 0 Å². The van der Waals surface area contributed by atoms with Gasteiger partial charge in [-0.1, -0.05) is 13.8 Å².